The van der Waals surface area contributed by atoms with Crippen LogP contribution in [-0.4, -0.2) is 46.8 Å². The largest absolute Gasteiger partial charge is 0.459 e. The molecule has 0 bridgehead atoms. The summed E-state index contributed by atoms with van der Waals surface area (Å²) in [6, 6.07) is 0. The monoisotopic (exact) mass is 415 g/mol. The first kappa shape index (κ1) is 27.9. The van der Waals surface area contributed by atoms with Gasteiger partial charge in [0.15, 0.2) is 6.23 Å². The van der Waals surface area contributed by atoms with Crippen molar-refractivity contribution in [3.8, 4) is 0 Å². The third-order valence-electron chi connectivity index (χ3n) is 5.92. The molecule has 0 aromatic carbocycles. The van der Waals surface area contributed by atoms with Gasteiger partial charge in [-0.2, -0.15) is 0 Å². The molecule has 2 unspecified atom stereocenters. The second kappa shape index (κ2) is 11.9. The summed E-state index contributed by atoms with van der Waals surface area (Å²) in [7, 11) is 1.70. The van der Waals surface area contributed by atoms with Crippen molar-refractivity contribution in [2.24, 2.45) is 17.8 Å². The highest BCUT2D eigenvalue weighted by Gasteiger charge is 2.42. The molecule has 0 aromatic rings. The smallest absolute Gasteiger partial charge is 0.309 e. The topological polar surface area (TPSA) is 88.0 Å². The molecule has 0 spiro atoms. The Kier molecular flexibility index (Phi) is 11.5. The summed E-state index contributed by atoms with van der Waals surface area (Å²) in [6.45, 7) is 19.4. The molecule has 1 saturated heterocycles. The van der Waals surface area contributed by atoms with Crippen LogP contribution in [0, 0.1) is 17.8 Å². The summed E-state index contributed by atoms with van der Waals surface area (Å²) < 4.78 is 11.4. The Bertz CT molecular complexity index is 521. The van der Waals surface area contributed by atoms with Gasteiger partial charge in [0.2, 0.25) is 0 Å². The summed E-state index contributed by atoms with van der Waals surface area (Å²) in [5.74, 6) is -0.369. The minimum atomic E-state index is -1.65. The van der Waals surface area contributed by atoms with E-state index in [-0.39, 0.29) is 29.3 Å². The molecule has 1 fully saturated rings. The van der Waals surface area contributed by atoms with Gasteiger partial charge in [0, 0.05) is 12.8 Å². The molecule has 6 heteroatoms. The fourth-order valence-corrected chi connectivity index (χ4v) is 4.05. The number of cyclic esters (lactones) is 1. The fourth-order valence-electron chi connectivity index (χ4n) is 4.05. The maximum atomic E-state index is 12.6. The number of allylic oxidation sites excluding steroid dienone is 1. The van der Waals surface area contributed by atoms with E-state index in [4.69, 9.17) is 9.47 Å². The molecule has 1 aliphatic rings. The number of aliphatic hydroxyl groups excluding tert-OH is 1. The van der Waals surface area contributed by atoms with Gasteiger partial charge in [-0.1, -0.05) is 48.1 Å². The third-order valence-corrected chi connectivity index (χ3v) is 5.92. The van der Waals surface area contributed by atoms with Crippen LogP contribution in [0.15, 0.2) is 12.3 Å². The number of aliphatic hydroxyl groups is 2. The van der Waals surface area contributed by atoms with E-state index >= 15 is 0 Å². The molecule has 7 atom stereocenters. The minimum absolute atomic E-state index is 0.0237. The van der Waals surface area contributed by atoms with E-state index in [0.29, 0.717) is 25.0 Å². The highest BCUT2D eigenvalue weighted by molar-refractivity contribution is 5.72. The van der Waals surface area contributed by atoms with E-state index in [9.17, 15) is 15.0 Å². The van der Waals surface area contributed by atoms with Gasteiger partial charge < -0.3 is 25.0 Å². The highest BCUT2D eigenvalue weighted by Crippen LogP contribution is 2.33. The standard InChI is InChI=1S/C21H39NO5.C2H6/c1-9-17-21(7,25)19(24)22-16(5)15(4)12-20(6,26-8)11-13(2)10-14(3)18(23)27-17;1-2/h13-15,17,19,22,24-25H,5,9-12H2,1-4,6-8H3;1-2H3/t13-,14?,15+,17+,19?,20-,21+;/m0./s1. The van der Waals surface area contributed by atoms with Crippen LogP contribution in [0.1, 0.15) is 81.1 Å². The maximum Gasteiger partial charge on any atom is 0.309 e. The van der Waals surface area contributed by atoms with Crippen molar-refractivity contribution >= 4 is 5.97 Å². The quantitative estimate of drug-likeness (QED) is 0.591. The maximum absolute atomic E-state index is 12.6. The number of esters is 1. The summed E-state index contributed by atoms with van der Waals surface area (Å²) >= 11 is 0. The Morgan fingerprint density at radius 3 is 2.24 bits per heavy atom. The van der Waals surface area contributed by atoms with Gasteiger partial charge in [0.1, 0.15) is 11.7 Å². The van der Waals surface area contributed by atoms with Crippen molar-refractivity contribution in [1.82, 2.24) is 5.32 Å². The summed E-state index contributed by atoms with van der Waals surface area (Å²) in [5.41, 5.74) is -1.41. The van der Waals surface area contributed by atoms with Crippen LogP contribution in [-0.2, 0) is 14.3 Å². The molecule has 29 heavy (non-hydrogen) atoms. The molecule has 172 valence electrons. The number of hydrogen-bond donors (Lipinski definition) is 3. The molecule has 6 nitrogen and oxygen atoms in total. The number of ether oxygens (including phenoxy) is 2. The lowest BCUT2D eigenvalue weighted by Crippen LogP contribution is -2.57. The van der Waals surface area contributed by atoms with Gasteiger partial charge >= 0.3 is 5.97 Å². The predicted molar refractivity (Wildman–Crippen MR) is 117 cm³/mol. The van der Waals surface area contributed by atoms with Gasteiger partial charge in [0.05, 0.1) is 11.5 Å². The Labute approximate surface area is 178 Å². The van der Waals surface area contributed by atoms with Crippen molar-refractivity contribution in [3.05, 3.63) is 12.3 Å². The SMILES string of the molecule is C=C1NC(O)[C@](C)(O)[C@@H](CC)OC(=O)C(C)C[C@H](C)C[C@](C)(OC)C[C@H]1C.CC. The van der Waals surface area contributed by atoms with E-state index in [2.05, 4.69) is 25.7 Å². The molecule has 0 aliphatic carbocycles. The lowest BCUT2D eigenvalue weighted by molar-refractivity contribution is -0.186. The Hall–Kier alpha value is -1.11. The first-order valence-corrected chi connectivity index (χ1v) is 11.0. The normalized spacial score (nSPS) is 40.0. The number of nitrogens with one attached hydrogen (secondary N) is 1. The van der Waals surface area contributed by atoms with Crippen LogP contribution in [0.5, 0.6) is 0 Å². The van der Waals surface area contributed by atoms with Gasteiger partial charge in [0.25, 0.3) is 0 Å². The number of carbonyl (C=O) groups is 1. The minimum Gasteiger partial charge on any atom is -0.459 e. The molecular formula is C23H45NO5. The molecule has 3 N–H and O–H groups in total. The Morgan fingerprint density at radius 2 is 1.76 bits per heavy atom. The van der Waals surface area contributed by atoms with Crippen molar-refractivity contribution in [2.45, 2.75) is 105 Å². The van der Waals surface area contributed by atoms with Crippen LogP contribution in [0.4, 0.5) is 0 Å². The van der Waals surface area contributed by atoms with E-state index in [1.807, 2.05) is 34.6 Å². The number of rotatable bonds is 2. The Morgan fingerprint density at radius 1 is 1.21 bits per heavy atom. The van der Waals surface area contributed by atoms with Crippen LogP contribution < -0.4 is 5.32 Å². The highest BCUT2D eigenvalue weighted by atomic mass is 16.6. The van der Waals surface area contributed by atoms with Crippen molar-refractivity contribution in [1.29, 1.82) is 0 Å². The molecule has 0 saturated carbocycles. The van der Waals surface area contributed by atoms with E-state index in [1.54, 1.807) is 7.11 Å². The van der Waals surface area contributed by atoms with E-state index in [1.165, 1.54) is 6.92 Å². The van der Waals surface area contributed by atoms with Crippen LogP contribution in [0.25, 0.3) is 0 Å². The molecule has 0 radical (unpaired) electrons. The molecule has 1 rings (SSSR count). The second-order valence-electron chi connectivity index (χ2n) is 8.84. The number of methoxy groups -OCH3 is 1. The van der Waals surface area contributed by atoms with E-state index < -0.39 is 17.9 Å². The zero-order valence-corrected chi connectivity index (χ0v) is 20.0. The van der Waals surface area contributed by atoms with Crippen LogP contribution in [0.2, 0.25) is 0 Å². The predicted octanol–water partition coefficient (Wildman–Crippen LogP) is 4.00. The van der Waals surface area contributed by atoms with Crippen molar-refractivity contribution in [3.63, 3.8) is 0 Å². The van der Waals surface area contributed by atoms with E-state index in [0.717, 1.165) is 6.42 Å². The molecular weight excluding hydrogens is 370 g/mol. The molecule has 1 aliphatic heterocycles. The molecule has 1 heterocycles. The fraction of sp³-hybridized carbons (Fsp3) is 0.870. The average Bonchev–Trinajstić information content (AvgIpc) is 2.65. The van der Waals surface area contributed by atoms with Crippen molar-refractivity contribution < 1.29 is 24.5 Å². The summed E-state index contributed by atoms with van der Waals surface area (Å²) in [4.78, 5) is 12.6. The lowest BCUT2D eigenvalue weighted by Gasteiger charge is -2.39. The zero-order valence-electron chi connectivity index (χ0n) is 20.0. The van der Waals surface area contributed by atoms with Crippen molar-refractivity contribution in [2.75, 3.05) is 7.11 Å². The first-order valence-electron chi connectivity index (χ1n) is 11.0. The summed E-state index contributed by atoms with van der Waals surface area (Å²) in [5, 5.41) is 24.3. The van der Waals surface area contributed by atoms with Gasteiger partial charge in [-0.15, -0.1) is 0 Å². The Balaban J connectivity index is 0.00000379. The van der Waals surface area contributed by atoms with Crippen LogP contribution >= 0.6 is 0 Å². The zero-order chi connectivity index (χ0) is 23.0. The summed E-state index contributed by atoms with van der Waals surface area (Å²) in [6.07, 6.45) is 0.452. The molecule has 0 aromatic heterocycles. The number of hydrogen-bond acceptors (Lipinski definition) is 6. The van der Waals surface area contributed by atoms with Crippen LogP contribution in [0.3, 0.4) is 0 Å². The third kappa shape index (κ3) is 7.91. The number of carbonyl (C=O) groups excluding carboxylic acids is 1. The van der Waals surface area contributed by atoms with Gasteiger partial charge in [-0.25, -0.2) is 0 Å². The first-order chi connectivity index (χ1) is 13.4. The second-order valence-corrected chi connectivity index (χ2v) is 8.84. The van der Waals surface area contributed by atoms with Gasteiger partial charge in [-0.3, -0.25) is 4.79 Å². The average molecular weight is 416 g/mol. The molecule has 0 amide bonds. The van der Waals surface area contributed by atoms with Gasteiger partial charge in [-0.05, 0) is 51.4 Å². The lowest BCUT2D eigenvalue weighted by atomic mass is 9.81.